The van der Waals surface area contributed by atoms with Gasteiger partial charge in [-0.25, -0.2) is 13.1 Å². The van der Waals surface area contributed by atoms with E-state index in [0.29, 0.717) is 11.6 Å². The minimum Gasteiger partial charge on any atom is -0.297 e. The van der Waals surface area contributed by atoms with E-state index in [2.05, 4.69) is 9.62 Å². The Balaban J connectivity index is 1.62. The Morgan fingerprint density at radius 2 is 1.79 bits per heavy atom. The molecular weight excluding hydrogens is 367 g/mol. The van der Waals surface area contributed by atoms with Crippen LogP contribution < -0.4 is 4.72 Å². The first-order chi connectivity index (χ1) is 11.4. The molecule has 0 spiro atoms. The monoisotopic (exact) mass is 384 g/mol. The number of benzene rings is 2. The van der Waals surface area contributed by atoms with Crippen molar-refractivity contribution in [1.29, 1.82) is 0 Å². The average Bonchev–Trinajstić information content (AvgIpc) is 2.96. The Labute approximate surface area is 152 Å². The lowest BCUT2D eigenvalue weighted by atomic mass is 10.2. The quantitative estimate of drug-likeness (QED) is 0.857. The first-order valence-electron chi connectivity index (χ1n) is 7.68. The van der Waals surface area contributed by atoms with E-state index in [4.69, 9.17) is 23.2 Å². The van der Waals surface area contributed by atoms with Crippen molar-refractivity contribution in [2.24, 2.45) is 0 Å². The van der Waals surface area contributed by atoms with Gasteiger partial charge in [-0.3, -0.25) is 4.90 Å². The maximum Gasteiger partial charge on any atom is 0.240 e. The summed E-state index contributed by atoms with van der Waals surface area (Å²) in [6, 6.07) is 13.8. The van der Waals surface area contributed by atoms with E-state index in [1.54, 1.807) is 12.1 Å². The molecule has 1 N–H and O–H groups in total. The lowest BCUT2D eigenvalue weighted by molar-refractivity contribution is 0.324. The Morgan fingerprint density at radius 1 is 1.08 bits per heavy atom. The third-order valence-electron chi connectivity index (χ3n) is 4.07. The van der Waals surface area contributed by atoms with Crippen LogP contribution in [0.15, 0.2) is 53.4 Å². The maximum absolute atomic E-state index is 12.4. The van der Waals surface area contributed by atoms with Crippen molar-refractivity contribution < 1.29 is 8.42 Å². The second-order valence-electron chi connectivity index (χ2n) is 5.89. The summed E-state index contributed by atoms with van der Waals surface area (Å²) in [6.45, 7) is 2.22. The molecule has 0 aliphatic carbocycles. The second-order valence-corrected chi connectivity index (χ2v) is 8.44. The smallest absolute Gasteiger partial charge is 0.240 e. The van der Waals surface area contributed by atoms with E-state index in [-0.39, 0.29) is 10.9 Å². The number of likely N-dealkylation sites (tertiary alicyclic amines) is 1. The summed E-state index contributed by atoms with van der Waals surface area (Å²) in [7, 11) is -3.53. The van der Waals surface area contributed by atoms with Crippen molar-refractivity contribution in [3.8, 4) is 0 Å². The standard InChI is InChI=1S/C17H18Cl2N2O2S/c18-14-5-7-16(8-6-14)24(22,23)20-15-9-10-21(12-15)11-13-3-1-2-4-17(13)19/h1-8,15,20H,9-12H2. The molecule has 24 heavy (non-hydrogen) atoms. The van der Waals surface area contributed by atoms with Gasteiger partial charge in [-0.2, -0.15) is 0 Å². The highest BCUT2D eigenvalue weighted by Gasteiger charge is 2.27. The Bertz CT molecular complexity index is 810. The van der Waals surface area contributed by atoms with E-state index >= 15 is 0 Å². The molecule has 7 heteroatoms. The molecule has 4 nitrogen and oxygen atoms in total. The zero-order valence-electron chi connectivity index (χ0n) is 13.0. The van der Waals surface area contributed by atoms with Gasteiger partial charge < -0.3 is 0 Å². The SMILES string of the molecule is O=S(=O)(NC1CCN(Cc2ccccc2Cl)C1)c1ccc(Cl)cc1. The van der Waals surface area contributed by atoms with Crippen LogP contribution in [0.25, 0.3) is 0 Å². The molecule has 1 unspecified atom stereocenters. The van der Waals surface area contributed by atoms with Crippen LogP contribution in [0.5, 0.6) is 0 Å². The van der Waals surface area contributed by atoms with Gasteiger partial charge in [0, 0.05) is 35.7 Å². The predicted molar refractivity (Wildman–Crippen MR) is 96.9 cm³/mol. The number of nitrogens with one attached hydrogen (secondary N) is 1. The van der Waals surface area contributed by atoms with E-state index in [9.17, 15) is 8.42 Å². The summed E-state index contributed by atoms with van der Waals surface area (Å²) in [6.07, 6.45) is 0.775. The van der Waals surface area contributed by atoms with Gasteiger partial charge in [-0.1, -0.05) is 41.4 Å². The lowest BCUT2D eigenvalue weighted by Gasteiger charge is -2.17. The highest BCUT2D eigenvalue weighted by Crippen LogP contribution is 2.21. The van der Waals surface area contributed by atoms with Gasteiger partial charge in [-0.15, -0.1) is 0 Å². The van der Waals surface area contributed by atoms with Crippen LogP contribution in [-0.2, 0) is 16.6 Å². The van der Waals surface area contributed by atoms with Gasteiger partial charge in [0.2, 0.25) is 10.0 Å². The van der Waals surface area contributed by atoms with Crippen LogP contribution in [0, 0.1) is 0 Å². The molecule has 1 aliphatic rings. The molecule has 2 aromatic carbocycles. The minimum absolute atomic E-state index is 0.104. The summed E-state index contributed by atoms with van der Waals surface area (Å²) in [4.78, 5) is 2.44. The van der Waals surface area contributed by atoms with Crippen molar-refractivity contribution in [1.82, 2.24) is 9.62 Å². The number of hydrogen-bond acceptors (Lipinski definition) is 3. The number of nitrogens with zero attached hydrogens (tertiary/aromatic N) is 1. The van der Waals surface area contributed by atoms with Gasteiger partial charge in [-0.05, 0) is 42.3 Å². The van der Waals surface area contributed by atoms with Crippen LogP contribution in [0.3, 0.4) is 0 Å². The molecule has 0 bridgehead atoms. The fourth-order valence-electron chi connectivity index (χ4n) is 2.84. The van der Waals surface area contributed by atoms with Gasteiger partial charge >= 0.3 is 0 Å². The number of rotatable bonds is 5. The van der Waals surface area contributed by atoms with Crippen LogP contribution in [-0.4, -0.2) is 32.4 Å². The van der Waals surface area contributed by atoms with Crippen molar-refractivity contribution in [2.75, 3.05) is 13.1 Å². The third kappa shape index (κ3) is 4.29. The van der Waals surface area contributed by atoms with Crippen LogP contribution >= 0.6 is 23.2 Å². The number of hydrogen-bond donors (Lipinski definition) is 1. The predicted octanol–water partition coefficient (Wildman–Crippen LogP) is 3.55. The normalized spacial score (nSPS) is 18.8. The summed E-state index contributed by atoms with van der Waals surface area (Å²) in [5, 5.41) is 1.25. The Hall–Kier alpha value is -1.11. The number of halogens is 2. The first-order valence-corrected chi connectivity index (χ1v) is 9.91. The van der Waals surface area contributed by atoms with E-state index in [1.807, 2.05) is 24.3 Å². The van der Waals surface area contributed by atoms with Crippen molar-refractivity contribution >= 4 is 33.2 Å². The van der Waals surface area contributed by atoms with E-state index < -0.39 is 10.0 Å². The zero-order valence-corrected chi connectivity index (χ0v) is 15.3. The topological polar surface area (TPSA) is 49.4 Å². The molecule has 0 radical (unpaired) electrons. The molecular formula is C17H18Cl2N2O2S. The molecule has 1 fully saturated rings. The highest BCUT2D eigenvalue weighted by molar-refractivity contribution is 7.89. The largest absolute Gasteiger partial charge is 0.297 e. The molecule has 0 saturated carbocycles. The Morgan fingerprint density at radius 3 is 2.50 bits per heavy atom. The highest BCUT2D eigenvalue weighted by atomic mass is 35.5. The zero-order chi connectivity index (χ0) is 17.2. The average molecular weight is 385 g/mol. The minimum atomic E-state index is -3.53. The summed E-state index contributed by atoms with van der Waals surface area (Å²) >= 11 is 12.0. The molecule has 0 aromatic heterocycles. The molecule has 1 saturated heterocycles. The van der Waals surface area contributed by atoms with Gasteiger partial charge in [0.25, 0.3) is 0 Å². The lowest BCUT2D eigenvalue weighted by Crippen LogP contribution is -2.36. The van der Waals surface area contributed by atoms with Crippen molar-refractivity contribution in [3.63, 3.8) is 0 Å². The van der Waals surface area contributed by atoms with Gasteiger partial charge in [0.05, 0.1) is 4.90 Å². The third-order valence-corrected chi connectivity index (χ3v) is 6.23. The Kier molecular flexibility index (Phi) is 5.47. The summed E-state index contributed by atoms with van der Waals surface area (Å²) in [5.41, 5.74) is 1.06. The molecule has 1 atom stereocenters. The molecule has 2 aromatic rings. The van der Waals surface area contributed by atoms with Crippen molar-refractivity contribution in [2.45, 2.75) is 23.9 Å². The summed E-state index contributed by atoms with van der Waals surface area (Å²) in [5.74, 6) is 0. The fraction of sp³-hybridized carbons (Fsp3) is 0.294. The molecule has 0 amide bonds. The number of sulfonamides is 1. The maximum atomic E-state index is 12.4. The van der Waals surface area contributed by atoms with Gasteiger partial charge in [0.1, 0.15) is 0 Å². The molecule has 1 aliphatic heterocycles. The molecule has 1 heterocycles. The second kappa shape index (κ2) is 7.42. The van der Waals surface area contributed by atoms with E-state index in [0.717, 1.165) is 30.1 Å². The fourth-order valence-corrected chi connectivity index (χ4v) is 4.42. The van der Waals surface area contributed by atoms with Crippen LogP contribution in [0.4, 0.5) is 0 Å². The van der Waals surface area contributed by atoms with E-state index in [1.165, 1.54) is 12.1 Å². The molecule has 128 valence electrons. The van der Waals surface area contributed by atoms with Crippen molar-refractivity contribution in [3.05, 3.63) is 64.1 Å². The first kappa shape index (κ1) is 17.7. The summed E-state index contributed by atoms with van der Waals surface area (Å²) < 4.78 is 27.6. The van der Waals surface area contributed by atoms with Crippen LogP contribution in [0.1, 0.15) is 12.0 Å². The van der Waals surface area contributed by atoms with Crippen LogP contribution in [0.2, 0.25) is 10.0 Å². The van der Waals surface area contributed by atoms with Gasteiger partial charge in [0.15, 0.2) is 0 Å². The molecule has 3 rings (SSSR count).